The number of nitrogens with zero attached hydrogens (tertiary/aromatic N) is 1. The normalized spacial score (nSPS) is 27.2. The van der Waals surface area contributed by atoms with E-state index in [-0.39, 0.29) is 41.4 Å². The highest BCUT2D eigenvalue weighted by Gasteiger charge is 2.64. The maximum absolute atomic E-state index is 13.6. The number of hydrogen-bond donors (Lipinski definition) is 1. The van der Waals surface area contributed by atoms with Crippen molar-refractivity contribution in [2.24, 2.45) is 23.7 Å². The standard InChI is InChI=1S/C29H26N2O3/c1-17-10-12-19(13-11-17)27(32)30-21-8-5-9-22(16-21)31-28(33)25-20-14-23(18-6-3-2-4-7-18)24(15-20)26(25)29(31)34/h2-13,16,20,23-26H,14-15H2,1H3,(H,30,32)/t20-,23-,24+,25+,26-/m0/s1. The largest absolute Gasteiger partial charge is 0.322 e. The molecule has 5 nitrogen and oxygen atoms in total. The average Bonchev–Trinajstić information content (AvgIpc) is 3.51. The Morgan fingerprint density at radius 3 is 2.35 bits per heavy atom. The van der Waals surface area contributed by atoms with Gasteiger partial charge in [-0.25, -0.2) is 4.90 Å². The van der Waals surface area contributed by atoms with Crippen LogP contribution >= 0.6 is 0 Å². The predicted octanol–water partition coefficient (Wildman–Crippen LogP) is 5.18. The smallest absolute Gasteiger partial charge is 0.255 e. The van der Waals surface area contributed by atoms with E-state index in [2.05, 4.69) is 17.4 Å². The van der Waals surface area contributed by atoms with Crippen molar-refractivity contribution in [3.05, 3.63) is 95.6 Å². The quantitative estimate of drug-likeness (QED) is 0.557. The van der Waals surface area contributed by atoms with Crippen molar-refractivity contribution >= 4 is 29.1 Å². The van der Waals surface area contributed by atoms with Crippen molar-refractivity contribution in [1.82, 2.24) is 0 Å². The number of fused-ring (bicyclic) bond motifs is 5. The molecule has 5 atom stereocenters. The minimum absolute atomic E-state index is 0.0870. The van der Waals surface area contributed by atoms with Crippen LogP contribution in [0.25, 0.3) is 0 Å². The molecule has 5 heteroatoms. The van der Waals surface area contributed by atoms with Crippen molar-refractivity contribution < 1.29 is 14.4 Å². The molecule has 1 saturated heterocycles. The van der Waals surface area contributed by atoms with Gasteiger partial charge in [0.1, 0.15) is 0 Å². The van der Waals surface area contributed by atoms with E-state index in [0.717, 1.165) is 18.4 Å². The van der Waals surface area contributed by atoms with E-state index >= 15 is 0 Å². The molecule has 170 valence electrons. The van der Waals surface area contributed by atoms with Crippen LogP contribution in [-0.2, 0) is 9.59 Å². The maximum atomic E-state index is 13.6. The molecular weight excluding hydrogens is 424 g/mol. The first-order valence-corrected chi connectivity index (χ1v) is 11.9. The maximum Gasteiger partial charge on any atom is 0.255 e. The summed E-state index contributed by atoms with van der Waals surface area (Å²) in [6, 6.07) is 24.8. The molecule has 0 radical (unpaired) electrons. The lowest BCUT2D eigenvalue weighted by atomic mass is 9.73. The lowest BCUT2D eigenvalue weighted by molar-refractivity contribution is -0.123. The number of imide groups is 1. The molecule has 2 aliphatic carbocycles. The summed E-state index contributed by atoms with van der Waals surface area (Å²) in [6.07, 6.45) is 1.92. The first kappa shape index (κ1) is 20.8. The highest BCUT2D eigenvalue weighted by molar-refractivity contribution is 6.23. The Bertz CT molecular complexity index is 1280. The van der Waals surface area contributed by atoms with E-state index in [0.29, 0.717) is 22.9 Å². The van der Waals surface area contributed by atoms with Crippen molar-refractivity contribution in [3.8, 4) is 0 Å². The summed E-state index contributed by atoms with van der Waals surface area (Å²) in [5.74, 6) is -0.0674. The summed E-state index contributed by atoms with van der Waals surface area (Å²) in [4.78, 5) is 41.0. The third kappa shape index (κ3) is 3.26. The number of nitrogens with one attached hydrogen (secondary N) is 1. The summed E-state index contributed by atoms with van der Waals surface area (Å²) in [7, 11) is 0. The SMILES string of the molecule is Cc1ccc(C(=O)Nc2cccc(N3C(=O)[C@@H]4[C@@H]5C[C@@H]([C@@H]4C3=O)[C@H](c3ccccc3)C5)c2)cc1. The Morgan fingerprint density at radius 1 is 0.853 bits per heavy atom. The van der Waals surface area contributed by atoms with Gasteiger partial charge in [-0.2, -0.15) is 0 Å². The van der Waals surface area contributed by atoms with Gasteiger partial charge in [-0.15, -0.1) is 0 Å². The van der Waals surface area contributed by atoms with Crippen LogP contribution in [0.1, 0.15) is 40.2 Å². The second-order valence-electron chi connectivity index (χ2n) is 9.85. The Balaban J connectivity index is 1.24. The molecule has 2 bridgehead atoms. The molecule has 3 amide bonds. The molecule has 6 rings (SSSR count). The van der Waals surface area contributed by atoms with Crippen molar-refractivity contribution in [2.75, 3.05) is 10.2 Å². The van der Waals surface area contributed by atoms with Crippen LogP contribution in [0.4, 0.5) is 11.4 Å². The van der Waals surface area contributed by atoms with Crippen molar-refractivity contribution in [1.29, 1.82) is 0 Å². The lowest BCUT2D eigenvalue weighted by Crippen LogP contribution is -2.33. The first-order valence-electron chi connectivity index (χ1n) is 11.9. The van der Waals surface area contributed by atoms with Gasteiger partial charge < -0.3 is 5.32 Å². The molecule has 3 aromatic rings. The predicted molar refractivity (Wildman–Crippen MR) is 130 cm³/mol. The third-order valence-electron chi connectivity index (χ3n) is 7.92. The second-order valence-corrected chi connectivity index (χ2v) is 9.85. The van der Waals surface area contributed by atoms with Crippen LogP contribution in [0.2, 0.25) is 0 Å². The fourth-order valence-electron chi connectivity index (χ4n) is 6.43. The molecule has 1 aliphatic heterocycles. The summed E-state index contributed by atoms with van der Waals surface area (Å²) in [5.41, 5.74) is 4.00. The highest BCUT2D eigenvalue weighted by Crippen LogP contribution is 2.61. The fourth-order valence-corrected chi connectivity index (χ4v) is 6.43. The average molecular weight is 451 g/mol. The van der Waals surface area contributed by atoms with Gasteiger partial charge in [0, 0.05) is 11.3 Å². The molecule has 34 heavy (non-hydrogen) atoms. The van der Waals surface area contributed by atoms with Gasteiger partial charge in [-0.3, -0.25) is 14.4 Å². The number of amides is 3. The number of anilines is 2. The Hall–Kier alpha value is -3.73. The number of carbonyl (C=O) groups excluding carboxylic acids is 3. The van der Waals surface area contributed by atoms with E-state index in [1.165, 1.54) is 10.5 Å². The van der Waals surface area contributed by atoms with E-state index in [1.807, 2.05) is 37.3 Å². The Kier molecular flexibility index (Phi) is 4.87. The molecule has 3 fully saturated rings. The van der Waals surface area contributed by atoms with Gasteiger partial charge in [0.05, 0.1) is 17.5 Å². The van der Waals surface area contributed by atoms with Crippen molar-refractivity contribution in [3.63, 3.8) is 0 Å². The van der Waals surface area contributed by atoms with Crippen molar-refractivity contribution in [2.45, 2.75) is 25.7 Å². The van der Waals surface area contributed by atoms with Gasteiger partial charge in [-0.05, 0) is 73.4 Å². The van der Waals surface area contributed by atoms with Gasteiger partial charge in [-0.1, -0.05) is 54.1 Å². The second kappa shape index (κ2) is 7.94. The summed E-state index contributed by atoms with van der Waals surface area (Å²) < 4.78 is 0. The van der Waals surface area contributed by atoms with Gasteiger partial charge in [0.15, 0.2) is 0 Å². The van der Waals surface area contributed by atoms with E-state index in [9.17, 15) is 14.4 Å². The summed E-state index contributed by atoms with van der Waals surface area (Å²) in [6.45, 7) is 1.97. The minimum Gasteiger partial charge on any atom is -0.322 e. The zero-order valence-corrected chi connectivity index (χ0v) is 19.0. The van der Waals surface area contributed by atoms with Crippen LogP contribution in [0.15, 0.2) is 78.9 Å². The fraction of sp³-hybridized carbons (Fsp3) is 0.276. The summed E-state index contributed by atoms with van der Waals surface area (Å²) in [5, 5.41) is 2.89. The van der Waals surface area contributed by atoms with Crippen LogP contribution in [0, 0.1) is 30.6 Å². The van der Waals surface area contributed by atoms with Crippen LogP contribution in [0.5, 0.6) is 0 Å². The molecule has 3 aliphatic rings. The molecule has 0 unspecified atom stereocenters. The molecule has 0 aromatic heterocycles. The molecule has 1 N–H and O–H groups in total. The number of rotatable bonds is 4. The zero-order chi connectivity index (χ0) is 23.4. The number of carbonyl (C=O) groups is 3. The molecule has 1 heterocycles. The lowest BCUT2D eigenvalue weighted by Gasteiger charge is -2.28. The number of hydrogen-bond acceptors (Lipinski definition) is 3. The van der Waals surface area contributed by atoms with Crippen LogP contribution in [-0.4, -0.2) is 17.7 Å². The monoisotopic (exact) mass is 450 g/mol. The Morgan fingerprint density at radius 2 is 1.59 bits per heavy atom. The summed E-state index contributed by atoms with van der Waals surface area (Å²) >= 11 is 0. The number of aryl methyl sites for hydroxylation is 1. The van der Waals surface area contributed by atoms with Gasteiger partial charge in [0.2, 0.25) is 11.8 Å². The van der Waals surface area contributed by atoms with Gasteiger partial charge in [0.25, 0.3) is 5.91 Å². The van der Waals surface area contributed by atoms with Crippen LogP contribution in [0.3, 0.4) is 0 Å². The number of benzene rings is 3. The van der Waals surface area contributed by atoms with E-state index < -0.39 is 0 Å². The van der Waals surface area contributed by atoms with E-state index in [4.69, 9.17) is 0 Å². The first-order chi connectivity index (χ1) is 16.5. The topological polar surface area (TPSA) is 66.5 Å². The molecule has 2 saturated carbocycles. The molecule has 3 aromatic carbocycles. The van der Waals surface area contributed by atoms with Crippen LogP contribution < -0.4 is 10.2 Å². The Labute approximate surface area is 198 Å². The zero-order valence-electron chi connectivity index (χ0n) is 19.0. The molecule has 0 spiro atoms. The highest BCUT2D eigenvalue weighted by atomic mass is 16.2. The third-order valence-corrected chi connectivity index (χ3v) is 7.92. The minimum atomic E-state index is -0.248. The van der Waals surface area contributed by atoms with Gasteiger partial charge >= 0.3 is 0 Å². The van der Waals surface area contributed by atoms with E-state index in [1.54, 1.807) is 36.4 Å². The molecular formula is C29H26N2O3.